The van der Waals surface area contributed by atoms with Gasteiger partial charge in [0.25, 0.3) is 0 Å². The number of carbonyl (C=O) groups is 2. The molecule has 0 aliphatic carbocycles. The van der Waals surface area contributed by atoms with E-state index in [4.69, 9.17) is 15.6 Å². The molecule has 0 radical (unpaired) electrons. The predicted octanol–water partition coefficient (Wildman–Crippen LogP) is -1.65. The lowest BCUT2D eigenvalue weighted by Crippen LogP contribution is -2.49. The van der Waals surface area contributed by atoms with Gasteiger partial charge in [-0.15, -0.1) is 0 Å². The zero-order valence-corrected chi connectivity index (χ0v) is 11.8. The lowest BCUT2D eigenvalue weighted by Gasteiger charge is -2.17. The van der Waals surface area contributed by atoms with Gasteiger partial charge in [-0.3, -0.25) is 4.79 Å². The molecule has 8 nitrogen and oxygen atoms in total. The van der Waals surface area contributed by atoms with Gasteiger partial charge >= 0.3 is 5.97 Å². The fourth-order valence-electron chi connectivity index (χ4n) is 1.24. The summed E-state index contributed by atoms with van der Waals surface area (Å²) in [6, 6.07) is -2.16. The molecule has 0 aliphatic heterocycles. The third kappa shape index (κ3) is 8.51. The van der Waals surface area contributed by atoms with Gasteiger partial charge in [-0.1, -0.05) is 0 Å². The van der Waals surface area contributed by atoms with E-state index in [-0.39, 0.29) is 25.2 Å². The van der Waals surface area contributed by atoms with Crippen molar-refractivity contribution in [2.24, 2.45) is 5.73 Å². The van der Waals surface area contributed by atoms with Gasteiger partial charge in [-0.25, -0.2) is 13.2 Å². The van der Waals surface area contributed by atoms with Gasteiger partial charge < -0.3 is 20.9 Å². The SMILES string of the molecule is COCCC(N)C(=O)NC(CCS(C)(=O)=O)C(=O)O. The Morgan fingerprint density at radius 2 is 1.95 bits per heavy atom. The zero-order chi connectivity index (χ0) is 15.1. The average molecular weight is 296 g/mol. The van der Waals surface area contributed by atoms with Gasteiger partial charge in [0.2, 0.25) is 5.91 Å². The summed E-state index contributed by atoms with van der Waals surface area (Å²) in [5, 5.41) is 11.1. The van der Waals surface area contributed by atoms with Crippen LogP contribution in [-0.2, 0) is 24.2 Å². The van der Waals surface area contributed by atoms with Crippen LogP contribution in [-0.4, -0.2) is 63.2 Å². The molecule has 19 heavy (non-hydrogen) atoms. The smallest absolute Gasteiger partial charge is 0.326 e. The summed E-state index contributed by atoms with van der Waals surface area (Å²) in [5.41, 5.74) is 5.53. The fraction of sp³-hybridized carbons (Fsp3) is 0.800. The number of hydrogen-bond donors (Lipinski definition) is 3. The molecular weight excluding hydrogens is 276 g/mol. The summed E-state index contributed by atoms with van der Waals surface area (Å²) in [4.78, 5) is 22.5. The first kappa shape index (κ1) is 17.8. The van der Waals surface area contributed by atoms with Crippen LogP contribution in [0.5, 0.6) is 0 Å². The molecule has 0 spiro atoms. The normalized spacial score (nSPS) is 14.7. The van der Waals surface area contributed by atoms with Crippen molar-refractivity contribution < 1.29 is 27.9 Å². The first-order valence-electron chi connectivity index (χ1n) is 5.62. The third-order valence-corrected chi connectivity index (χ3v) is 3.34. The second-order valence-electron chi connectivity index (χ2n) is 4.21. The van der Waals surface area contributed by atoms with Gasteiger partial charge in [0.15, 0.2) is 0 Å². The Hall–Kier alpha value is -1.19. The number of hydrogen-bond acceptors (Lipinski definition) is 6. The molecule has 112 valence electrons. The summed E-state index contributed by atoms with van der Waals surface area (Å²) < 4.78 is 26.7. The van der Waals surface area contributed by atoms with Gasteiger partial charge in [0.1, 0.15) is 15.9 Å². The first-order chi connectivity index (χ1) is 8.67. The van der Waals surface area contributed by atoms with Gasteiger partial charge in [-0.2, -0.15) is 0 Å². The summed E-state index contributed by atoms with van der Waals surface area (Å²) in [6.07, 6.45) is 1.05. The van der Waals surface area contributed by atoms with E-state index in [2.05, 4.69) is 5.32 Å². The molecule has 0 saturated heterocycles. The maximum atomic E-state index is 11.6. The molecule has 0 fully saturated rings. The van der Waals surface area contributed by atoms with Crippen molar-refractivity contribution in [3.63, 3.8) is 0 Å². The quantitative estimate of drug-likeness (QED) is 0.464. The number of ether oxygens (including phenoxy) is 1. The fourth-order valence-corrected chi connectivity index (χ4v) is 1.91. The van der Waals surface area contributed by atoms with E-state index >= 15 is 0 Å². The topological polar surface area (TPSA) is 136 Å². The van der Waals surface area contributed by atoms with E-state index in [0.717, 1.165) is 6.26 Å². The molecule has 2 atom stereocenters. The van der Waals surface area contributed by atoms with Crippen LogP contribution in [0, 0.1) is 0 Å². The van der Waals surface area contributed by atoms with Crippen LogP contribution >= 0.6 is 0 Å². The van der Waals surface area contributed by atoms with E-state index in [0.29, 0.717) is 0 Å². The number of nitrogens with one attached hydrogen (secondary N) is 1. The zero-order valence-electron chi connectivity index (χ0n) is 11.0. The number of aliphatic carboxylic acids is 1. The van der Waals surface area contributed by atoms with Crippen molar-refractivity contribution >= 4 is 21.7 Å². The van der Waals surface area contributed by atoms with E-state index in [1.165, 1.54) is 7.11 Å². The van der Waals surface area contributed by atoms with Crippen LogP contribution in [0.1, 0.15) is 12.8 Å². The van der Waals surface area contributed by atoms with Crippen molar-refractivity contribution in [2.75, 3.05) is 25.7 Å². The van der Waals surface area contributed by atoms with Crippen LogP contribution in [0.3, 0.4) is 0 Å². The number of carbonyl (C=O) groups excluding carboxylic acids is 1. The molecule has 0 aromatic rings. The van der Waals surface area contributed by atoms with E-state index < -0.39 is 33.8 Å². The minimum atomic E-state index is -3.29. The molecule has 0 heterocycles. The Labute approximate surface area is 112 Å². The van der Waals surface area contributed by atoms with E-state index in [9.17, 15) is 18.0 Å². The first-order valence-corrected chi connectivity index (χ1v) is 7.69. The number of rotatable bonds is 9. The van der Waals surface area contributed by atoms with Crippen LogP contribution in [0.15, 0.2) is 0 Å². The van der Waals surface area contributed by atoms with Crippen molar-refractivity contribution in [1.82, 2.24) is 5.32 Å². The van der Waals surface area contributed by atoms with E-state index in [1.54, 1.807) is 0 Å². The molecule has 0 bridgehead atoms. The molecule has 0 aliphatic rings. The molecule has 1 amide bonds. The number of methoxy groups -OCH3 is 1. The highest BCUT2D eigenvalue weighted by atomic mass is 32.2. The summed E-state index contributed by atoms with van der Waals surface area (Å²) in [5.74, 6) is -2.26. The third-order valence-electron chi connectivity index (χ3n) is 2.36. The van der Waals surface area contributed by atoms with Crippen LogP contribution in [0.25, 0.3) is 0 Å². The van der Waals surface area contributed by atoms with Crippen molar-refractivity contribution in [2.45, 2.75) is 24.9 Å². The Morgan fingerprint density at radius 1 is 1.37 bits per heavy atom. The summed E-state index contributed by atoms with van der Waals surface area (Å²) in [7, 11) is -1.83. The molecule has 0 rings (SSSR count). The lowest BCUT2D eigenvalue weighted by molar-refractivity contribution is -0.142. The summed E-state index contributed by atoms with van der Waals surface area (Å²) in [6.45, 7) is 0.273. The largest absolute Gasteiger partial charge is 0.480 e. The highest BCUT2D eigenvalue weighted by molar-refractivity contribution is 7.90. The van der Waals surface area contributed by atoms with Crippen LogP contribution in [0.4, 0.5) is 0 Å². The molecule has 9 heteroatoms. The number of carboxylic acids is 1. The lowest BCUT2D eigenvalue weighted by atomic mass is 10.1. The van der Waals surface area contributed by atoms with Crippen molar-refractivity contribution in [1.29, 1.82) is 0 Å². The minimum absolute atomic E-state index is 0.198. The number of sulfone groups is 1. The standard InChI is InChI=1S/C10H20N2O6S/c1-18-5-3-7(11)9(13)12-8(10(14)15)4-6-19(2,16)17/h7-8H,3-6,11H2,1-2H3,(H,12,13)(H,14,15). The highest BCUT2D eigenvalue weighted by Gasteiger charge is 2.24. The molecule has 2 unspecified atom stereocenters. The predicted molar refractivity (Wildman–Crippen MR) is 68.4 cm³/mol. The van der Waals surface area contributed by atoms with Crippen LogP contribution < -0.4 is 11.1 Å². The average Bonchev–Trinajstić information content (AvgIpc) is 2.29. The highest BCUT2D eigenvalue weighted by Crippen LogP contribution is 1.99. The van der Waals surface area contributed by atoms with Crippen LogP contribution in [0.2, 0.25) is 0 Å². The van der Waals surface area contributed by atoms with Gasteiger partial charge in [0.05, 0.1) is 11.8 Å². The molecule has 0 saturated carbocycles. The number of nitrogens with two attached hydrogens (primary N) is 1. The second kappa shape index (κ2) is 8.08. The maximum absolute atomic E-state index is 11.6. The van der Waals surface area contributed by atoms with Gasteiger partial charge in [0, 0.05) is 20.0 Å². The Kier molecular flexibility index (Phi) is 7.57. The summed E-state index contributed by atoms with van der Waals surface area (Å²) >= 11 is 0. The van der Waals surface area contributed by atoms with Crippen molar-refractivity contribution in [3.05, 3.63) is 0 Å². The maximum Gasteiger partial charge on any atom is 0.326 e. The Balaban J connectivity index is 4.42. The van der Waals surface area contributed by atoms with Gasteiger partial charge in [-0.05, 0) is 12.8 Å². The molecule has 4 N–H and O–H groups in total. The number of amides is 1. The molecular formula is C10H20N2O6S. The molecule has 0 aromatic heterocycles. The monoisotopic (exact) mass is 296 g/mol. The number of carboxylic acid groups (broad SMARTS) is 1. The second-order valence-corrected chi connectivity index (χ2v) is 6.47. The van der Waals surface area contributed by atoms with E-state index in [1.807, 2.05) is 0 Å². The Morgan fingerprint density at radius 3 is 2.37 bits per heavy atom. The molecule has 0 aromatic carbocycles. The van der Waals surface area contributed by atoms with Crippen molar-refractivity contribution in [3.8, 4) is 0 Å². The Bertz CT molecular complexity index is 408. The minimum Gasteiger partial charge on any atom is -0.480 e.